The van der Waals surface area contributed by atoms with Crippen LogP contribution in [-0.4, -0.2) is 48.3 Å². The van der Waals surface area contributed by atoms with Crippen LogP contribution in [0.2, 0.25) is 0 Å². The van der Waals surface area contributed by atoms with Crippen molar-refractivity contribution in [1.29, 1.82) is 0 Å². The van der Waals surface area contributed by atoms with Crippen LogP contribution in [0.5, 0.6) is 0 Å². The van der Waals surface area contributed by atoms with Gasteiger partial charge in [0.15, 0.2) is 12.5 Å². The molecule has 3 aromatic rings. The molecular formula is C35H49N3O6S. The van der Waals surface area contributed by atoms with Crippen molar-refractivity contribution in [3.63, 3.8) is 0 Å². The number of esters is 1. The molecule has 1 unspecified atom stereocenters. The number of nitrogens with one attached hydrogen (secondary N) is 1. The first-order valence-electron chi connectivity index (χ1n) is 15.7. The summed E-state index contributed by atoms with van der Waals surface area (Å²) in [6.45, 7) is 11.4. The molecular weight excluding hydrogens is 590 g/mol. The SMILES string of the molecule is CC(C)C.COCOCCn1c(-c2cccc3c2NC(=O)C(C)(C)C3N)c(C2CCCCC2)c2ccc(C(=O)OC)cc21.O=S. The van der Waals surface area contributed by atoms with Gasteiger partial charge in [-0.2, -0.15) is 4.21 Å². The predicted molar refractivity (Wildman–Crippen MR) is 180 cm³/mol. The van der Waals surface area contributed by atoms with Crippen LogP contribution in [0.1, 0.15) is 100 Å². The first-order chi connectivity index (χ1) is 21.5. The van der Waals surface area contributed by atoms with E-state index >= 15 is 0 Å². The van der Waals surface area contributed by atoms with Crippen molar-refractivity contribution < 1.29 is 28.0 Å². The summed E-state index contributed by atoms with van der Waals surface area (Å²) >= 11 is 2.83. The topological polar surface area (TPSA) is 122 Å². The molecule has 1 fully saturated rings. The summed E-state index contributed by atoms with van der Waals surface area (Å²) < 4.78 is 25.9. The third-order valence-electron chi connectivity index (χ3n) is 8.49. The zero-order chi connectivity index (χ0) is 33.3. The quantitative estimate of drug-likeness (QED) is 0.153. The Balaban J connectivity index is 0.000000853. The number of para-hydroxylation sites is 1. The molecule has 3 N–H and O–H groups in total. The van der Waals surface area contributed by atoms with Gasteiger partial charge in [0.2, 0.25) is 5.91 Å². The normalized spacial score (nSPS) is 17.4. The van der Waals surface area contributed by atoms with E-state index in [0.29, 0.717) is 24.6 Å². The van der Waals surface area contributed by atoms with Crippen LogP contribution < -0.4 is 11.1 Å². The Morgan fingerprint density at radius 1 is 1.09 bits per heavy atom. The molecule has 2 aliphatic rings. The highest BCUT2D eigenvalue weighted by Crippen LogP contribution is 2.49. The Labute approximate surface area is 272 Å². The summed E-state index contributed by atoms with van der Waals surface area (Å²) in [7, 11) is 3.00. The molecule has 0 bridgehead atoms. The van der Waals surface area contributed by atoms with Crippen molar-refractivity contribution in [3.8, 4) is 11.3 Å². The average Bonchev–Trinajstić information content (AvgIpc) is 3.36. The number of carbonyl (C=O) groups is 2. The smallest absolute Gasteiger partial charge is 0.337 e. The van der Waals surface area contributed by atoms with Crippen LogP contribution in [0.3, 0.4) is 0 Å². The van der Waals surface area contributed by atoms with Crippen molar-refractivity contribution in [3.05, 3.63) is 53.1 Å². The van der Waals surface area contributed by atoms with Crippen LogP contribution in [0, 0.1) is 11.3 Å². The monoisotopic (exact) mass is 639 g/mol. The minimum absolute atomic E-state index is 0.0896. The van der Waals surface area contributed by atoms with Crippen molar-refractivity contribution in [1.82, 2.24) is 4.57 Å². The number of hydrogen-bond donors (Lipinski definition) is 2. The molecule has 0 radical (unpaired) electrons. The number of rotatable bonds is 8. The fourth-order valence-electron chi connectivity index (χ4n) is 6.22. The molecule has 1 aliphatic heterocycles. The van der Waals surface area contributed by atoms with Gasteiger partial charge in [0, 0.05) is 36.2 Å². The van der Waals surface area contributed by atoms with E-state index in [1.54, 1.807) is 7.11 Å². The number of aromatic nitrogens is 1. The zero-order valence-electron chi connectivity index (χ0n) is 27.7. The van der Waals surface area contributed by atoms with Crippen molar-refractivity contribution in [2.24, 2.45) is 17.1 Å². The van der Waals surface area contributed by atoms with E-state index in [1.807, 2.05) is 44.2 Å². The van der Waals surface area contributed by atoms with E-state index in [9.17, 15) is 9.59 Å². The first-order valence-corrected chi connectivity index (χ1v) is 16.0. The Morgan fingerprint density at radius 2 is 1.76 bits per heavy atom. The maximum atomic E-state index is 13.2. The lowest BCUT2D eigenvalue weighted by Gasteiger charge is -2.37. The fraction of sp³-hybridized carbons (Fsp3) is 0.543. The average molecular weight is 640 g/mol. The van der Waals surface area contributed by atoms with E-state index < -0.39 is 11.5 Å². The molecule has 2 heterocycles. The Kier molecular flexibility index (Phi) is 13.2. The minimum Gasteiger partial charge on any atom is -0.465 e. The van der Waals surface area contributed by atoms with E-state index in [4.69, 9.17) is 24.2 Å². The summed E-state index contributed by atoms with van der Waals surface area (Å²) in [6.07, 6.45) is 5.79. The van der Waals surface area contributed by atoms with Gasteiger partial charge in [-0.25, -0.2) is 4.79 Å². The third kappa shape index (κ3) is 7.98. The molecule has 1 aliphatic carbocycles. The molecule has 2 aromatic carbocycles. The van der Waals surface area contributed by atoms with Crippen LogP contribution in [0.4, 0.5) is 5.69 Å². The van der Waals surface area contributed by atoms with Crippen molar-refractivity contribution in [2.45, 2.75) is 85.2 Å². The second-order valence-electron chi connectivity index (χ2n) is 12.9. The summed E-state index contributed by atoms with van der Waals surface area (Å²) in [5, 5.41) is 4.32. The minimum atomic E-state index is -0.728. The Hall–Kier alpha value is -3.18. The molecule has 10 heteroatoms. The second kappa shape index (κ2) is 16.4. The molecule has 246 valence electrons. The highest BCUT2D eigenvalue weighted by Gasteiger charge is 2.42. The summed E-state index contributed by atoms with van der Waals surface area (Å²) in [6, 6.07) is 11.5. The Morgan fingerprint density at radius 3 is 2.38 bits per heavy atom. The van der Waals surface area contributed by atoms with Crippen LogP contribution in [0.25, 0.3) is 22.2 Å². The third-order valence-corrected chi connectivity index (χ3v) is 8.49. The molecule has 1 saturated carbocycles. The second-order valence-corrected chi connectivity index (χ2v) is 12.9. The van der Waals surface area contributed by atoms with Gasteiger partial charge in [0.05, 0.1) is 36.1 Å². The van der Waals surface area contributed by atoms with Gasteiger partial charge in [-0.05, 0) is 61.8 Å². The zero-order valence-corrected chi connectivity index (χ0v) is 28.6. The fourth-order valence-corrected chi connectivity index (χ4v) is 6.22. The molecule has 0 saturated heterocycles. The highest BCUT2D eigenvalue weighted by molar-refractivity contribution is 7.44. The van der Waals surface area contributed by atoms with Gasteiger partial charge < -0.3 is 29.8 Å². The predicted octanol–water partition coefficient (Wildman–Crippen LogP) is 7.07. The van der Waals surface area contributed by atoms with Crippen LogP contribution in [-0.2, 0) is 38.1 Å². The van der Waals surface area contributed by atoms with E-state index in [2.05, 4.69) is 49.3 Å². The lowest BCUT2D eigenvalue weighted by atomic mass is 9.75. The number of carbonyl (C=O) groups excluding carboxylic acids is 2. The molecule has 1 aromatic heterocycles. The summed E-state index contributed by atoms with van der Waals surface area (Å²) in [5.74, 6) is 0.730. The molecule has 9 nitrogen and oxygen atoms in total. The van der Waals surface area contributed by atoms with Gasteiger partial charge >= 0.3 is 5.97 Å². The highest BCUT2D eigenvalue weighted by atomic mass is 32.1. The van der Waals surface area contributed by atoms with Gasteiger partial charge in [-0.1, -0.05) is 64.3 Å². The number of methoxy groups -OCH3 is 2. The van der Waals surface area contributed by atoms with Crippen molar-refractivity contribution >= 4 is 41.0 Å². The molecule has 5 rings (SSSR count). The summed E-state index contributed by atoms with van der Waals surface area (Å²) in [4.78, 5) is 25.8. The lowest BCUT2D eigenvalue weighted by Crippen LogP contribution is -2.44. The Bertz CT molecular complexity index is 1460. The molecule has 1 amide bonds. The number of ether oxygens (including phenoxy) is 3. The first kappa shape index (κ1) is 36.3. The number of nitrogens with zero attached hydrogens (tertiary/aromatic N) is 1. The van der Waals surface area contributed by atoms with Crippen molar-refractivity contribution in [2.75, 3.05) is 32.9 Å². The molecule has 45 heavy (non-hydrogen) atoms. The molecule has 0 spiro atoms. The number of hydrogen-bond acceptors (Lipinski definition) is 8. The van der Waals surface area contributed by atoms with Crippen LogP contribution >= 0.6 is 0 Å². The van der Waals surface area contributed by atoms with E-state index in [1.165, 1.54) is 31.9 Å². The number of nitrogens with two attached hydrogens (primary N) is 1. The van der Waals surface area contributed by atoms with Gasteiger partial charge in [0.1, 0.15) is 6.79 Å². The van der Waals surface area contributed by atoms with Gasteiger partial charge in [-0.15, -0.1) is 0 Å². The summed E-state index contributed by atoms with van der Waals surface area (Å²) in [5.41, 5.74) is 12.3. The standard InChI is InChI=1S/C31H39N3O5.C4H10.OS/c1-31(2)28(32)23-12-8-11-22(26(23)33-30(31)36)27-25(19-9-6-5-7-10-19)21-14-13-20(29(35)38-4)17-24(21)34(27)15-16-39-18-37-3;1-4(2)3;1-2/h8,11-14,17,19,28H,5-7,9-10,15-16,18,32H2,1-4H3,(H,33,36);4H,1-3H3;. The van der Waals surface area contributed by atoms with Gasteiger partial charge in [0.25, 0.3) is 0 Å². The van der Waals surface area contributed by atoms with E-state index in [-0.39, 0.29) is 18.7 Å². The van der Waals surface area contributed by atoms with Crippen LogP contribution in [0.15, 0.2) is 36.4 Å². The largest absolute Gasteiger partial charge is 0.465 e. The maximum Gasteiger partial charge on any atom is 0.337 e. The number of amides is 1. The number of anilines is 1. The lowest BCUT2D eigenvalue weighted by molar-refractivity contribution is -0.125. The van der Waals surface area contributed by atoms with E-state index in [0.717, 1.165) is 52.2 Å². The molecule has 1 atom stereocenters. The number of benzene rings is 2. The number of fused-ring (bicyclic) bond motifs is 2. The van der Waals surface area contributed by atoms with Gasteiger partial charge in [-0.3, -0.25) is 4.79 Å². The maximum absolute atomic E-state index is 13.2.